The Bertz CT molecular complexity index is 705. The molecule has 1 aromatic carbocycles. The molecule has 0 bridgehead atoms. The lowest BCUT2D eigenvalue weighted by atomic mass is 10.2. The van der Waals surface area contributed by atoms with E-state index in [1.807, 2.05) is 13.1 Å². The number of nitrogens with zero attached hydrogens (tertiary/aromatic N) is 3. The Balaban J connectivity index is 1.81. The first kappa shape index (κ1) is 15.5. The second-order valence-electron chi connectivity index (χ2n) is 5.78. The minimum atomic E-state index is -0.228. The molecule has 4 N–H and O–H groups in total. The van der Waals surface area contributed by atoms with Crippen molar-refractivity contribution in [1.82, 2.24) is 15.3 Å². The molecule has 0 aliphatic carbocycles. The van der Waals surface area contributed by atoms with Crippen molar-refractivity contribution in [3.63, 3.8) is 0 Å². The number of aryl methyl sites for hydroxylation is 1. The number of rotatable bonds is 4. The standard InChI is InChI=1S/C16H21FN6/c1-10-7-11(3-4-13(10)17)20-14-8-15(22-16(18)21-14)23-6-5-12(9-23)19-2/h3-4,7-8,12,19H,5-6,9H2,1-2H3,(H3,18,20,21,22)/t12-/m1/s1. The molecular formula is C16H21FN6. The third kappa shape index (κ3) is 3.50. The van der Waals surface area contributed by atoms with Gasteiger partial charge in [-0.3, -0.25) is 0 Å². The zero-order chi connectivity index (χ0) is 16.4. The average Bonchev–Trinajstić information content (AvgIpc) is 2.99. The van der Waals surface area contributed by atoms with E-state index in [9.17, 15) is 4.39 Å². The largest absolute Gasteiger partial charge is 0.368 e. The summed E-state index contributed by atoms with van der Waals surface area (Å²) in [6, 6.07) is 7.17. The summed E-state index contributed by atoms with van der Waals surface area (Å²) < 4.78 is 13.4. The number of halogens is 1. The molecule has 1 fully saturated rings. The number of anilines is 4. The quantitative estimate of drug-likeness (QED) is 0.801. The molecule has 1 aliphatic rings. The first-order valence-electron chi connectivity index (χ1n) is 7.65. The van der Waals surface area contributed by atoms with Gasteiger partial charge in [-0.15, -0.1) is 0 Å². The lowest BCUT2D eigenvalue weighted by Crippen LogP contribution is -2.30. The summed E-state index contributed by atoms with van der Waals surface area (Å²) in [5, 5.41) is 6.44. The van der Waals surface area contributed by atoms with Crippen LogP contribution in [0.4, 0.5) is 27.7 Å². The summed E-state index contributed by atoms with van der Waals surface area (Å²) in [5.74, 6) is 1.40. The predicted octanol–water partition coefficient (Wildman–Crippen LogP) is 2.05. The van der Waals surface area contributed by atoms with Gasteiger partial charge in [0.05, 0.1) is 0 Å². The Hall–Kier alpha value is -2.41. The number of hydrogen-bond donors (Lipinski definition) is 3. The first-order valence-corrected chi connectivity index (χ1v) is 7.65. The predicted molar refractivity (Wildman–Crippen MR) is 90.5 cm³/mol. The van der Waals surface area contributed by atoms with Crippen LogP contribution in [-0.2, 0) is 0 Å². The fourth-order valence-electron chi connectivity index (χ4n) is 2.75. The monoisotopic (exact) mass is 316 g/mol. The van der Waals surface area contributed by atoms with Gasteiger partial charge in [-0.25, -0.2) is 4.39 Å². The molecule has 122 valence electrons. The molecule has 0 amide bonds. The smallest absolute Gasteiger partial charge is 0.223 e. The molecule has 23 heavy (non-hydrogen) atoms. The molecule has 1 atom stereocenters. The van der Waals surface area contributed by atoms with Crippen molar-refractivity contribution < 1.29 is 4.39 Å². The number of nitrogens with one attached hydrogen (secondary N) is 2. The molecule has 0 saturated carbocycles. The van der Waals surface area contributed by atoms with Crippen LogP contribution in [-0.4, -0.2) is 36.1 Å². The van der Waals surface area contributed by atoms with Crippen molar-refractivity contribution in [2.45, 2.75) is 19.4 Å². The maximum Gasteiger partial charge on any atom is 0.223 e. The normalized spacial score (nSPS) is 17.5. The van der Waals surface area contributed by atoms with Crippen LogP contribution in [0.3, 0.4) is 0 Å². The third-order valence-corrected chi connectivity index (χ3v) is 4.08. The lowest BCUT2D eigenvalue weighted by molar-refractivity contribution is 0.616. The van der Waals surface area contributed by atoms with E-state index >= 15 is 0 Å². The highest BCUT2D eigenvalue weighted by atomic mass is 19.1. The third-order valence-electron chi connectivity index (χ3n) is 4.08. The minimum Gasteiger partial charge on any atom is -0.368 e. The molecule has 1 aromatic heterocycles. The molecule has 6 nitrogen and oxygen atoms in total. The fourth-order valence-corrected chi connectivity index (χ4v) is 2.75. The fraction of sp³-hybridized carbons (Fsp3) is 0.375. The van der Waals surface area contributed by atoms with Crippen LogP contribution in [0.5, 0.6) is 0 Å². The Morgan fingerprint density at radius 3 is 2.83 bits per heavy atom. The van der Waals surface area contributed by atoms with E-state index in [0.29, 0.717) is 17.4 Å². The van der Waals surface area contributed by atoms with Crippen molar-refractivity contribution >= 4 is 23.3 Å². The highest BCUT2D eigenvalue weighted by Gasteiger charge is 2.22. The second-order valence-corrected chi connectivity index (χ2v) is 5.78. The zero-order valence-corrected chi connectivity index (χ0v) is 13.3. The van der Waals surface area contributed by atoms with Gasteiger partial charge in [-0.2, -0.15) is 9.97 Å². The molecular weight excluding hydrogens is 295 g/mol. The summed E-state index contributed by atoms with van der Waals surface area (Å²) in [6.07, 6.45) is 1.07. The van der Waals surface area contributed by atoms with Gasteiger partial charge in [-0.1, -0.05) is 0 Å². The van der Waals surface area contributed by atoms with Gasteiger partial charge in [-0.05, 0) is 44.2 Å². The van der Waals surface area contributed by atoms with Crippen LogP contribution in [0.15, 0.2) is 24.3 Å². The van der Waals surface area contributed by atoms with E-state index in [-0.39, 0.29) is 11.8 Å². The van der Waals surface area contributed by atoms with Gasteiger partial charge in [0.1, 0.15) is 17.5 Å². The van der Waals surface area contributed by atoms with Crippen LogP contribution in [0.1, 0.15) is 12.0 Å². The number of aromatic nitrogens is 2. The number of benzene rings is 1. The molecule has 3 rings (SSSR count). The molecule has 0 unspecified atom stereocenters. The summed E-state index contributed by atoms with van der Waals surface area (Å²) in [5.41, 5.74) is 7.18. The maximum atomic E-state index is 13.4. The van der Waals surface area contributed by atoms with Gasteiger partial charge in [0.2, 0.25) is 5.95 Å². The lowest BCUT2D eigenvalue weighted by Gasteiger charge is -2.18. The Morgan fingerprint density at radius 2 is 2.13 bits per heavy atom. The van der Waals surface area contributed by atoms with E-state index < -0.39 is 0 Å². The number of nitrogen functional groups attached to an aromatic ring is 1. The number of hydrogen-bond acceptors (Lipinski definition) is 6. The van der Waals surface area contributed by atoms with E-state index in [1.165, 1.54) is 6.07 Å². The highest BCUT2D eigenvalue weighted by molar-refractivity contribution is 5.62. The number of likely N-dealkylation sites (N-methyl/N-ethyl adjacent to an activating group) is 1. The van der Waals surface area contributed by atoms with Crippen LogP contribution in [0.25, 0.3) is 0 Å². The maximum absolute atomic E-state index is 13.4. The summed E-state index contributed by atoms with van der Waals surface area (Å²) in [6.45, 7) is 3.54. The topological polar surface area (TPSA) is 79.1 Å². The molecule has 7 heteroatoms. The van der Waals surface area contributed by atoms with Crippen molar-refractivity contribution in [3.05, 3.63) is 35.6 Å². The zero-order valence-electron chi connectivity index (χ0n) is 13.3. The van der Waals surface area contributed by atoms with E-state index in [4.69, 9.17) is 5.73 Å². The van der Waals surface area contributed by atoms with Crippen molar-refractivity contribution in [1.29, 1.82) is 0 Å². The minimum absolute atomic E-state index is 0.219. The molecule has 0 spiro atoms. The van der Waals surface area contributed by atoms with Gasteiger partial charge in [0.25, 0.3) is 0 Å². The van der Waals surface area contributed by atoms with E-state index in [1.54, 1.807) is 19.1 Å². The first-order chi connectivity index (χ1) is 11.0. The van der Waals surface area contributed by atoms with Crippen molar-refractivity contribution in [2.75, 3.05) is 36.1 Å². The van der Waals surface area contributed by atoms with Crippen molar-refractivity contribution in [3.8, 4) is 0 Å². The Morgan fingerprint density at radius 1 is 1.30 bits per heavy atom. The van der Waals surface area contributed by atoms with Gasteiger partial charge < -0.3 is 21.3 Å². The summed E-state index contributed by atoms with van der Waals surface area (Å²) >= 11 is 0. The van der Waals surface area contributed by atoms with E-state index in [2.05, 4.69) is 25.5 Å². The highest BCUT2D eigenvalue weighted by Crippen LogP contribution is 2.24. The van der Waals surface area contributed by atoms with Crippen LogP contribution in [0.2, 0.25) is 0 Å². The van der Waals surface area contributed by atoms with Crippen LogP contribution >= 0.6 is 0 Å². The average molecular weight is 316 g/mol. The number of nitrogens with two attached hydrogens (primary N) is 1. The van der Waals surface area contributed by atoms with Crippen LogP contribution in [0, 0.1) is 12.7 Å². The van der Waals surface area contributed by atoms with Gasteiger partial charge in [0.15, 0.2) is 0 Å². The van der Waals surface area contributed by atoms with Crippen molar-refractivity contribution in [2.24, 2.45) is 0 Å². The second kappa shape index (κ2) is 6.37. The molecule has 2 aromatic rings. The SMILES string of the molecule is CN[C@@H]1CCN(c2cc(Nc3ccc(F)c(C)c3)nc(N)n2)C1. The molecule has 1 aliphatic heterocycles. The molecule has 2 heterocycles. The Labute approximate surface area is 134 Å². The van der Waals surface area contributed by atoms with E-state index in [0.717, 1.165) is 31.0 Å². The van der Waals surface area contributed by atoms with Crippen LogP contribution < -0.4 is 21.3 Å². The molecule has 1 saturated heterocycles. The van der Waals surface area contributed by atoms with Gasteiger partial charge in [0, 0.05) is 30.9 Å². The molecule has 0 radical (unpaired) electrons. The summed E-state index contributed by atoms with van der Waals surface area (Å²) in [7, 11) is 1.96. The Kier molecular flexibility index (Phi) is 4.29. The summed E-state index contributed by atoms with van der Waals surface area (Å²) in [4.78, 5) is 10.7. The van der Waals surface area contributed by atoms with Gasteiger partial charge >= 0.3 is 0 Å².